The summed E-state index contributed by atoms with van der Waals surface area (Å²) in [5, 5.41) is 19.3. The van der Waals surface area contributed by atoms with Gasteiger partial charge >= 0.3 is 5.97 Å². The molecule has 4 aromatic rings. The molecule has 1 heterocycles. The Morgan fingerprint density at radius 2 is 1.85 bits per heavy atom. The van der Waals surface area contributed by atoms with Gasteiger partial charge < -0.3 is 15.2 Å². The zero-order valence-electron chi connectivity index (χ0n) is 19.2. The van der Waals surface area contributed by atoms with Crippen LogP contribution < -0.4 is 10.1 Å². The Hall–Kier alpha value is -3.64. The first-order valence-corrected chi connectivity index (χ1v) is 11.1. The Morgan fingerprint density at radius 1 is 1.06 bits per heavy atom. The van der Waals surface area contributed by atoms with E-state index in [1.165, 1.54) is 11.1 Å². The highest BCUT2D eigenvalue weighted by Crippen LogP contribution is 2.33. The van der Waals surface area contributed by atoms with E-state index in [4.69, 9.17) is 9.84 Å². The number of methoxy groups -OCH3 is 1. The summed E-state index contributed by atoms with van der Waals surface area (Å²) in [7, 11) is 1.68. The number of carboxylic acid groups (broad SMARTS) is 1. The maximum Gasteiger partial charge on any atom is 0.305 e. The summed E-state index contributed by atoms with van der Waals surface area (Å²) < 4.78 is 7.06. The monoisotopic (exact) mass is 443 g/mol. The summed E-state index contributed by atoms with van der Waals surface area (Å²) >= 11 is 0. The number of carboxylic acids is 1. The quantitative estimate of drug-likeness (QED) is 0.352. The van der Waals surface area contributed by atoms with Gasteiger partial charge in [-0.05, 0) is 65.6 Å². The molecule has 6 nitrogen and oxygen atoms in total. The van der Waals surface area contributed by atoms with E-state index in [1.54, 1.807) is 11.8 Å². The number of carbonyl (C=O) groups is 1. The highest BCUT2D eigenvalue weighted by atomic mass is 16.5. The number of hydrogen-bond donors (Lipinski definition) is 2. The van der Waals surface area contributed by atoms with E-state index < -0.39 is 5.97 Å². The lowest BCUT2D eigenvalue weighted by Crippen LogP contribution is -2.22. The van der Waals surface area contributed by atoms with Crippen molar-refractivity contribution in [1.82, 2.24) is 15.1 Å². The molecular formula is C27H29N3O3. The minimum atomic E-state index is -0.829. The molecule has 0 saturated heterocycles. The van der Waals surface area contributed by atoms with Crippen LogP contribution in [0.3, 0.4) is 0 Å². The second kappa shape index (κ2) is 9.88. The average Bonchev–Trinajstić information content (AvgIpc) is 3.31. The zero-order chi connectivity index (χ0) is 23.4. The molecule has 0 aliphatic heterocycles. The first kappa shape index (κ1) is 22.6. The first-order valence-electron chi connectivity index (χ1n) is 11.1. The van der Waals surface area contributed by atoms with Gasteiger partial charge in [0.1, 0.15) is 5.75 Å². The van der Waals surface area contributed by atoms with Crippen molar-refractivity contribution in [3.63, 3.8) is 0 Å². The number of nitrogens with one attached hydrogen (secondary N) is 1. The zero-order valence-corrected chi connectivity index (χ0v) is 19.2. The molecule has 0 spiro atoms. The smallest absolute Gasteiger partial charge is 0.305 e. The van der Waals surface area contributed by atoms with Crippen molar-refractivity contribution < 1.29 is 14.6 Å². The third-order valence-electron chi connectivity index (χ3n) is 5.98. The van der Waals surface area contributed by atoms with Gasteiger partial charge in [-0.2, -0.15) is 5.10 Å². The van der Waals surface area contributed by atoms with E-state index in [9.17, 15) is 4.79 Å². The van der Waals surface area contributed by atoms with Gasteiger partial charge in [0.2, 0.25) is 0 Å². The molecule has 0 amide bonds. The second-order valence-electron chi connectivity index (χ2n) is 8.31. The summed E-state index contributed by atoms with van der Waals surface area (Å²) in [5.74, 6) is 0.0197. The van der Waals surface area contributed by atoms with Gasteiger partial charge in [0.15, 0.2) is 0 Å². The van der Waals surface area contributed by atoms with Crippen LogP contribution in [0.25, 0.3) is 21.9 Å². The van der Waals surface area contributed by atoms with Crippen LogP contribution in [0.2, 0.25) is 0 Å². The number of fused-ring (bicyclic) bond motifs is 1. The van der Waals surface area contributed by atoms with Crippen molar-refractivity contribution in [2.75, 3.05) is 7.11 Å². The topological polar surface area (TPSA) is 76.4 Å². The third kappa shape index (κ3) is 5.23. The molecule has 3 aromatic carbocycles. The molecule has 170 valence electrons. The molecule has 0 aliphatic carbocycles. The Bertz CT molecular complexity index is 1260. The molecular weight excluding hydrogens is 414 g/mol. The highest BCUT2D eigenvalue weighted by Gasteiger charge is 2.15. The molecule has 0 bridgehead atoms. The summed E-state index contributed by atoms with van der Waals surface area (Å²) in [4.78, 5) is 10.9. The number of aryl methyl sites for hydroxylation is 1. The number of rotatable bonds is 9. The fourth-order valence-electron chi connectivity index (χ4n) is 4.14. The molecule has 33 heavy (non-hydrogen) atoms. The number of hydrogen-bond acceptors (Lipinski definition) is 4. The van der Waals surface area contributed by atoms with Crippen LogP contribution in [0.5, 0.6) is 5.75 Å². The van der Waals surface area contributed by atoms with Gasteiger partial charge in [-0.25, -0.2) is 0 Å². The Kier molecular flexibility index (Phi) is 6.75. The summed E-state index contributed by atoms with van der Waals surface area (Å²) in [6, 6.07) is 21.1. The van der Waals surface area contributed by atoms with Crippen LogP contribution in [0, 0.1) is 0 Å². The number of aliphatic carboxylic acids is 1. The Balaban J connectivity index is 1.64. The van der Waals surface area contributed by atoms with Crippen LogP contribution in [-0.4, -0.2) is 28.0 Å². The molecule has 4 rings (SSSR count). The minimum absolute atomic E-state index is 0.0466. The number of ether oxygens (including phenoxy) is 1. The van der Waals surface area contributed by atoms with E-state index in [0.717, 1.165) is 27.6 Å². The first-order chi connectivity index (χ1) is 15.9. The lowest BCUT2D eigenvalue weighted by molar-refractivity contribution is -0.137. The number of nitrogens with zero attached hydrogens (tertiary/aromatic N) is 2. The molecule has 0 fully saturated rings. The molecule has 2 atom stereocenters. The van der Waals surface area contributed by atoms with Gasteiger partial charge in [-0.3, -0.25) is 9.48 Å². The van der Waals surface area contributed by atoms with Crippen molar-refractivity contribution in [2.45, 2.75) is 38.9 Å². The molecule has 2 N–H and O–H groups in total. The minimum Gasteiger partial charge on any atom is -0.497 e. The van der Waals surface area contributed by atoms with E-state index in [-0.39, 0.29) is 18.5 Å². The van der Waals surface area contributed by atoms with Crippen molar-refractivity contribution >= 4 is 16.7 Å². The van der Waals surface area contributed by atoms with Gasteiger partial charge in [0.05, 0.1) is 26.3 Å². The fraction of sp³-hybridized carbons (Fsp3) is 0.259. The van der Waals surface area contributed by atoms with Crippen LogP contribution in [0.15, 0.2) is 73.1 Å². The lowest BCUT2D eigenvalue weighted by Gasteiger charge is -2.22. The highest BCUT2D eigenvalue weighted by molar-refractivity contribution is 5.97. The SMILES string of the molecule is COc1cccc([C@@H](C)N[C@H](C)c2cc(-c3cnn(CCC(=O)O)c3)c3ccccc3c2)c1. The van der Waals surface area contributed by atoms with Crippen molar-refractivity contribution in [3.8, 4) is 16.9 Å². The largest absolute Gasteiger partial charge is 0.497 e. The van der Waals surface area contributed by atoms with Gasteiger partial charge in [0.25, 0.3) is 0 Å². The van der Waals surface area contributed by atoms with Crippen LogP contribution in [-0.2, 0) is 11.3 Å². The fourth-order valence-corrected chi connectivity index (χ4v) is 4.14. The van der Waals surface area contributed by atoms with Gasteiger partial charge in [-0.1, -0.05) is 36.4 Å². The maximum absolute atomic E-state index is 10.9. The normalized spacial score (nSPS) is 13.1. The van der Waals surface area contributed by atoms with E-state index in [2.05, 4.69) is 60.7 Å². The van der Waals surface area contributed by atoms with Crippen LogP contribution in [0.4, 0.5) is 0 Å². The van der Waals surface area contributed by atoms with Crippen LogP contribution >= 0.6 is 0 Å². The van der Waals surface area contributed by atoms with Crippen molar-refractivity contribution in [2.24, 2.45) is 0 Å². The summed E-state index contributed by atoms with van der Waals surface area (Å²) in [6.45, 7) is 4.67. The third-order valence-corrected chi connectivity index (χ3v) is 5.98. The standard InChI is InChI=1S/C27H29N3O3/c1-18(20-8-6-9-24(14-20)33-3)29-19(2)22-13-21-7-4-5-10-25(21)26(15-22)23-16-28-30(17-23)12-11-27(31)32/h4-10,13-19,29H,11-12H2,1-3H3,(H,31,32)/t18-,19-/m1/s1. The van der Waals surface area contributed by atoms with Crippen molar-refractivity contribution in [3.05, 3.63) is 84.2 Å². The summed E-state index contributed by atoms with van der Waals surface area (Å²) in [5.41, 5.74) is 4.41. The Morgan fingerprint density at radius 3 is 2.64 bits per heavy atom. The Labute approximate surface area is 193 Å². The molecule has 6 heteroatoms. The van der Waals surface area contributed by atoms with Gasteiger partial charge in [-0.15, -0.1) is 0 Å². The van der Waals surface area contributed by atoms with E-state index in [1.807, 2.05) is 36.7 Å². The average molecular weight is 444 g/mol. The second-order valence-corrected chi connectivity index (χ2v) is 8.31. The number of aromatic nitrogens is 2. The number of benzene rings is 3. The molecule has 0 saturated carbocycles. The molecule has 0 aliphatic rings. The predicted octanol–water partition coefficient (Wildman–Crippen LogP) is 5.60. The van der Waals surface area contributed by atoms with E-state index in [0.29, 0.717) is 6.54 Å². The van der Waals surface area contributed by atoms with Gasteiger partial charge in [0, 0.05) is 23.8 Å². The molecule has 1 aromatic heterocycles. The predicted molar refractivity (Wildman–Crippen MR) is 130 cm³/mol. The molecule has 0 radical (unpaired) electrons. The lowest BCUT2D eigenvalue weighted by atomic mass is 9.94. The molecule has 0 unspecified atom stereocenters. The van der Waals surface area contributed by atoms with Crippen LogP contribution in [0.1, 0.15) is 43.5 Å². The maximum atomic E-state index is 10.9. The van der Waals surface area contributed by atoms with E-state index >= 15 is 0 Å². The van der Waals surface area contributed by atoms with Crippen molar-refractivity contribution in [1.29, 1.82) is 0 Å². The summed E-state index contributed by atoms with van der Waals surface area (Å²) in [6.07, 6.45) is 3.78.